The summed E-state index contributed by atoms with van der Waals surface area (Å²) in [6, 6.07) is 0.840. The van der Waals surface area contributed by atoms with Crippen LogP contribution in [0.5, 0.6) is 0 Å². The number of hydrogen-bond acceptors (Lipinski definition) is 3. The first-order valence-corrected chi connectivity index (χ1v) is 8.19. The van der Waals surface area contributed by atoms with Gasteiger partial charge in [0, 0.05) is 11.6 Å². The van der Waals surface area contributed by atoms with E-state index in [9.17, 15) is 5.11 Å². The van der Waals surface area contributed by atoms with Crippen molar-refractivity contribution >= 4 is 0 Å². The van der Waals surface area contributed by atoms with Crippen molar-refractivity contribution in [2.24, 2.45) is 0 Å². The Morgan fingerprint density at radius 1 is 1.21 bits per heavy atom. The lowest BCUT2D eigenvalue weighted by Gasteiger charge is -2.34. The average Bonchev–Trinajstić information content (AvgIpc) is 2.48. The van der Waals surface area contributed by atoms with E-state index in [4.69, 9.17) is 0 Å². The number of nitrogens with one attached hydrogen (secondary N) is 1. The number of likely N-dealkylation sites (N-methyl/N-ethyl adjacent to an activating group) is 1. The van der Waals surface area contributed by atoms with Gasteiger partial charge in [-0.2, -0.15) is 0 Å². The van der Waals surface area contributed by atoms with Gasteiger partial charge >= 0.3 is 0 Å². The maximum atomic E-state index is 9.37. The third-order valence-electron chi connectivity index (χ3n) is 4.87. The topological polar surface area (TPSA) is 35.5 Å². The Kier molecular flexibility index (Phi) is 7.96. The van der Waals surface area contributed by atoms with Crippen LogP contribution in [-0.4, -0.2) is 48.3 Å². The Labute approximate surface area is 119 Å². The zero-order valence-electron chi connectivity index (χ0n) is 13.2. The van der Waals surface area contributed by atoms with Crippen LogP contribution < -0.4 is 5.32 Å². The largest absolute Gasteiger partial charge is 0.394 e. The second-order valence-electron chi connectivity index (χ2n) is 6.35. The van der Waals surface area contributed by atoms with Crippen molar-refractivity contribution in [1.29, 1.82) is 0 Å². The van der Waals surface area contributed by atoms with Gasteiger partial charge in [-0.1, -0.05) is 32.6 Å². The van der Waals surface area contributed by atoms with Crippen molar-refractivity contribution < 1.29 is 5.11 Å². The molecule has 0 radical (unpaired) electrons. The van der Waals surface area contributed by atoms with Crippen molar-refractivity contribution in [1.82, 2.24) is 10.2 Å². The first-order chi connectivity index (χ1) is 9.15. The second-order valence-corrected chi connectivity index (χ2v) is 6.35. The Balaban J connectivity index is 2.22. The van der Waals surface area contributed by atoms with Gasteiger partial charge in [0.15, 0.2) is 0 Å². The summed E-state index contributed by atoms with van der Waals surface area (Å²) in [5, 5.41) is 12.6. The molecule has 114 valence electrons. The van der Waals surface area contributed by atoms with Crippen molar-refractivity contribution in [3.8, 4) is 0 Å². The van der Waals surface area contributed by atoms with Gasteiger partial charge in [0.25, 0.3) is 0 Å². The van der Waals surface area contributed by atoms with Crippen molar-refractivity contribution in [3.05, 3.63) is 0 Å². The standard InChI is InChI=1S/C16H34N2O/c1-4-18(15-10-6-5-7-11-15)13-9-8-12-16(2,14-19)17-3/h15,17,19H,4-14H2,1-3H3. The van der Waals surface area contributed by atoms with Crippen LogP contribution in [-0.2, 0) is 0 Å². The first kappa shape index (κ1) is 16.9. The SMILES string of the molecule is CCN(CCCCC(C)(CO)NC)C1CCCCC1. The normalized spacial score (nSPS) is 20.7. The minimum atomic E-state index is -0.0954. The molecule has 0 saturated heterocycles. The molecular weight excluding hydrogens is 236 g/mol. The highest BCUT2D eigenvalue weighted by molar-refractivity contribution is 4.81. The molecule has 0 spiro atoms. The number of aliphatic hydroxyl groups excluding tert-OH is 1. The van der Waals surface area contributed by atoms with Crippen LogP contribution >= 0.6 is 0 Å². The van der Waals surface area contributed by atoms with Gasteiger partial charge < -0.3 is 15.3 Å². The Hall–Kier alpha value is -0.120. The minimum absolute atomic E-state index is 0.0954. The zero-order chi connectivity index (χ0) is 14.1. The van der Waals surface area contributed by atoms with E-state index in [-0.39, 0.29) is 12.1 Å². The molecule has 19 heavy (non-hydrogen) atoms. The summed E-state index contributed by atoms with van der Waals surface area (Å²) in [4.78, 5) is 2.68. The summed E-state index contributed by atoms with van der Waals surface area (Å²) in [5.41, 5.74) is -0.0954. The second kappa shape index (κ2) is 8.93. The third kappa shape index (κ3) is 5.80. The lowest BCUT2D eigenvalue weighted by atomic mass is 9.93. The molecule has 1 rings (SSSR count). The van der Waals surface area contributed by atoms with Crippen LogP contribution in [0.3, 0.4) is 0 Å². The third-order valence-corrected chi connectivity index (χ3v) is 4.87. The van der Waals surface area contributed by atoms with Crippen molar-refractivity contribution in [3.63, 3.8) is 0 Å². The molecule has 1 atom stereocenters. The molecular formula is C16H34N2O. The van der Waals surface area contributed by atoms with Gasteiger partial charge in [-0.25, -0.2) is 0 Å². The number of rotatable bonds is 9. The fourth-order valence-corrected chi connectivity index (χ4v) is 3.16. The van der Waals surface area contributed by atoms with Crippen LogP contribution in [0.4, 0.5) is 0 Å². The number of aliphatic hydroxyl groups is 1. The molecule has 0 aromatic heterocycles. The molecule has 3 nitrogen and oxygen atoms in total. The molecule has 1 aliphatic carbocycles. The highest BCUT2D eigenvalue weighted by Crippen LogP contribution is 2.23. The molecule has 2 N–H and O–H groups in total. The number of hydrogen-bond donors (Lipinski definition) is 2. The molecule has 1 unspecified atom stereocenters. The van der Waals surface area contributed by atoms with Gasteiger partial charge in [-0.15, -0.1) is 0 Å². The van der Waals surface area contributed by atoms with E-state index in [1.165, 1.54) is 58.0 Å². The van der Waals surface area contributed by atoms with E-state index in [0.717, 1.165) is 12.5 Å². The first-order valence-electron chi connectivity index (χ1n) is 8.19. The van der Waals surface area contributed by atoms with Gasteiger partial charge in [-0.05, 0) is 52.7 Å². The van der Waals surface area contributed by atoms with Crippen LogP contribution in [0.15, 0.2) is 0 Å². The fraction of sp³-hybridized carbons (Fsp3) is 1.00. The monoisotopic (exact) mass is 270 g/mol. The highest BCUT2D eigenvalue weighted by atomic mass is 16.3. The molecule has 3 heteroatoms. The maximum Gasteiger partial charge on any atom is 0.0610 e. The molecule has 0 heterocycles. The quantitative estimate of drug-likeness (QED) is 0.632. The maximum absolute atomic E-state index is 9.37. The smallest absolute Gasteiger partial charge is 0.0610 e. The predicted octanol–water partition coefficient (Wildman–Crippen LogP) is 2.78. The highest BCUT2D eigenvalue weighted by Gasteiger charge is 2.21. The van der Waals surface area contributed by atoms with E-state index in [1.54, 1.807) is 0 Å². The van der Waals surface area contributed by atoms with Crippen LogP contribution in [0.25, 0.3) is 0 Å². The lowest BCUT2D eigenvalue weighted by Crippen LogP contribution is -2.43. The summed E-state index contributed by atoms with van der Waals surface area (Å²) in [7, 11) is 1.94. The molecule has 1 saturated carbocycles. The molecule has 1 aliphatic rings. The van der Waals surface area contributed by atoms with E-state index >= 15 is 0 Å². The molecule has 0 aromatic carbocycles. The molecule has 0 bridgehead atoms. The van der Waals surface area contributed by atoms with E-state index in [1.807, 2.05) is 7.05 Å². The summed E-state index contributed by atoms with van der Waals surface area (Å²) in [6.07, 6.45) is 10.6. The Bertz CT molecular complexity index is 223. The van der Waals surface area contributed by atoms with Gasteiger partial charge in [-0.3, -0.25) is 0 Å². The van der Waals surface area contributed by atoms with Gasteiger partial charge in [0.2, 0.25) is 0 Å². The number of nitrogens with zero attached hydrogens (tertiary/aromatic N) is 1. The Morgan fingerprint density at radius 2 is 1.89 bits per heavy atom. The molecule has 0 amide bonds. The predicted molar refractivity (Wildman–Crippen MR) is 82.5 cm³/mol. The summed E-state index contributed by atoms with van der Waals surface area (Å²) < 4.78 is 0. The molecule has 0 aliphatic heterocycles. The molecule has 1 fully saturated rings. The van der Waals surface area contributed by atoms with E-state index in [2.05, 4.69) is 24.1 Å². The van der Waals surface area contributed by atoms with Crippen molar-refractivity contribution in [2.45, 2.75) is 76.8 Å². The van der Waals surface area contributed by atoms with Crippen molar-refractivity contribution in [2.75, 3.05) is 26.7 Å². The van der Waals surface area contributed by atoms with Crippen LogP contribution in [0.2, 0.25) is 0 Å². The van der Waals surface area contributed by atoms with Gasteiger partial charge in [0.1, 0.15) is 0 Å². The minimum Gasteiger partial charge on any atom is -0.394 e. The zero-order valence-corrected chi connectivity index (χ0v) is 13.2. The number of unbranched alkanes of at least 4 members (excludes halogenated alkanes) is 1. The van der Waals surface area contributed by atoms with E-state index in [0.29, 0.717) is 0 Å². The summed E-state index contributed by atoms with van der Waals surface area (Å²) in [5.74, 6) is 0. The fourth-order valence-electron chi connectivity index (χ4n) is 3.16. The van der Waals surface area contributed by atoms with E-state index < -0.39 is 0 Å². The lowest BCUT2D eigenvalue weighted by molar-refractivity contribution is 0.150. The van der Waals surface area contributed by atoms with Crippen LogP contribution in [0, 0.1) is 0 Å². The van der Waals surface area contributed by atoms with Gasteiger partial charge in [0.05, 0.1) is 6.61 Å². The average molecular weight is 270 g/mol. The summed E-state index contributed by atoms with van der Waals surface area (Å²) >= 11 is 0. The summed E-state index contributed by atoms with van der Waals surface area (Å²) in [6.45, 7) is 7.04. The van der Waals surface area contributed by atoms with Crippen LogP contribution in [0.1, 0.15) is 65.2 Å². The molecule has 0 aromatic rings. The Morgan fingerprint density at radius 3 is 2.42 bits per heavy atom.